The third-order valence-electron chi connectivity index (χ3n) is 6.75. The number of carbonyl (C=O) groups is 1. The molecule has 6 nitrogen and oxygen atoms in total. The molecule has 0 N–H and O–H groups in total. The van der Waals surface area contributed by atoms with E-state index in [-0.39, 0.29) is 24.0 Å². The molecule has 0 unspecified atom stereocenters. The number of anilines is 1. The van der Waals surface area contributed by atoms with Gasteiger partial charge in [-0.2, -0.15) is 0 Å². The van der Waals surface area contributed by atoms with Gasteiger partial charge in [0.2, 0.25) is 5.60 Å². The lowest BCUT2D eigenvalue weighted by molar-refractivity contribution is -0.556. The van der Waals surface area contributed by atoms with E-state index in [9.17, 15) is 14.9 Å². The van der Waals surface area contributed by atoms with Gasteiger partial charge in [0.1, 0.15) is 0 Å². The molecular weight excluding hydrogens is 440 g/mol. The molecule has 0 aliphatic carbocycles. The van der Waals surface area contributed by atoms with E-state index < -0.39 is 23.5 Å². The van der Waals surface area contributed by atoms with E-state index >= 15 is 0 Å². The summed E-state index contributed by atoms with van der Waals surface area (Å²) >= 11 is 6.34. The Morgan fingerprint density at radius 3 is 2.42 bits per heavy atom. The summed E-state index contributed by atoms with van der Waals surface area (Å²) in [7, 11) is 0. The van der Waals surface area contributed by atoms with Crippen molar-refractivity contribution < 1.29 is 14.5 Å². The molecule has 1 saturated heterocycles. The fourth-order valence-corrected chi connectivity index (χ4v) is 5.47. The van der Waals surface area contributed by atoms with Gasteiger partial charge in [0, 0.05) is 15.5 Å². The minimum Gasteiger partial charge on any atom is -0.354 e. The average Bonchev–Trinajstić information content (AvgIpc) is 3.04. The lowest BCUT2D eigenvalue weighted by Crippen LogP contribution is -2.60. The van der Waals surface area contributed by atoms with Crippen molar-refractivity contribution in [2.75, 3.05) is 11.5 Å². The fourth-order valence-electron chi connectivity index (χ4n) is 5.30. The smallest absolute Gasteiger partial charge is 0.271 e. The van der Waals surface area contributed by atoms with Crippen LogP contribution >= 0.6 is 11.6 Å². The molecule has 3 aromatic rings. The quantitative estimate of drug-likeness (QED) is 0.395. The number of ether oxygens (including phenoxy) is 1. The second-order valence-electron chi connectivity index (χ2n) is 8.73. The maximum absolute atomic E-state index is 14.1. The first-order valence-corrected chi connectivity index (χ1v) is 11.3. The molecule has 1 amide bonds. The Morgan fingerprint density at radius 1 is 1.09 bits per heavy atom. The molecule has 0 radical (unpaired) electrons. The van der Waals surface area contributed by atoms with Crippen LogP contribution in [0.15, 0.2) is 78.9 Å². The number of carbonyl (C=O) groups excluding carboxylic acids is 1. The molecule has 2 heterocycles. The number of amides is 1. The minimum atomic E-state index is -1.74. The molecule has 2 aliphatic rings. The minimum absolute atomic E-state index is 0.146. The molecule has 3 aromatic carbocycles. The highest BCUT2D eigenvalue weighted by molar-refractivity contribution is 6.31. The van der Waals surface area contributed by atoms with Gasteiger partial charge in [-0.3, -0.25) is 14.9 Å². The second kappa shape index (κ2) is 8.28. The van der Waals surface area contributed by atoms with E-state index in [1.807, 2.05) is 67.6 Å². The van der Waals surface area contributed by atoms with Gasteiger partial charge in [0.25, 0.3) is 11.9 Å². The molecule has 168 valence electrons. The number of nitro groups is 1. The van der Waals surface area contributed by atoms with E-state index in [1.54, 1.807) is 23.1 Å². The van der Waals surface area contributed by atoms with Crippen molar-refractivity contribution >= 4 is 23.2 Å². The van der Waals surface area contributed by atoms with Crippen molar-refractivity contribution in [3.63, 3.8) is 0 Å². The zero-order valence-electron chi connectivity index (χ0n) is 18.1. The number of hydrogen-bond acceptors (Lipinski definition) is 4. The van der Waals surface area contributed by atoms with Crippen molar-refractivity contribution in [1.29, 1.82) is 0 Å². The topological polar surface area (TPSA) is 72.7 Å². The van der Waals surface area contributed by atoms with E-state index in [0.29, 0.717) is 16.3 Å². The third-order valence-corrected chi connectivity index (χ3v) is 6.99. The third kappa shape index (κ3) is 3.41. The van der Waals surface area contributed by atoms with Gasteiger partial charge in [0.05, 0.1) is 24.8 Å². The lowest BCUT2D eigenvalue weighted by atomic mass is 9.70. The fraction of sp³-hybridized carbons (Fsp3) is 0.269. The highest BCUT2D eigenvalue weighted by Gasteiger charge is 2.68. The lowest BCUT2D eigenvalue weighted by Gasteiger charge is -2.42. The summed E-state index contributed by atoms with van der Waals surface area (Å²) in [6.07, 6.45) is 0. The predicted molar refractivity (Wildman–Crippen MR) is 126 cm³/mol. The van der Waals surface area contributed by atoms with Crippen LogP contribution < -0.4 is 4.90 Å². The highest BCUT2D eigenvalue weighted by Crippen LogP contribution is 2.54. The van der Waals surface area contributed by atoms with Crippen molar-refractivity contribution in [3.8, 4) is 0 Å². The van der Waals surface area contributed by atoms with Crippen molar-refractivity contribution in [1.82, 2.24) is 0 Å². The van der Waals surface area contributed by atoms with Crippen LogP contribution in [0.4, 0.5) is 5.69 Å². The Hall–Kier alpha value is -3.22. The Morgan fingerprint density at radius 2 is 1.76 bits per heavy atom. The van der Waals surface area contributed by atoms with Gasteiger partial charge in [-0.05, 0) is 35.2 Å². The number of nitrogens with zero attached hydrogens (tertiary/aromatic N) is 2. The zero-order chi connectivity index (χ0) is 23.2. The van der Waals surface area contributed by atoms with Crippen LogP contribution in [0.3, 0.4) is 0 Å². The molecular formula is C26H23ClN2O4. The van der Waals surface area contributed by atoms with Gasteiger partial charge < -0.3 is 9.64 Å². The van der Waals surface area contributed by atoms with Gasteiger partial charge in [0.15, 0.2) is 0 Å². The average molecular weight is 463 g/mol. The standard InChI is InChI=1S/C26H23ClN2O4/c1-17-16-33-26(24(29(31)32)23(17)19-10-6-3-7-11-19)21-14-20(27)12-13-22(21)28(25(26)30)15-18-8-4-2-5-9-18/h2-14,17,23-24H,15-16H2,1H3/t17-,23-,24-,26+/m0/s1. The summed E-state index contributed by atoms with van der Waals surface area (Å²) in [6.45, 7) is 2.44. The molecule has 2 aliphatic heterocycles. The van der Waals surface area contributed by atoms with Gasteiger partial charge in [-0.15, -0.1) is 0 Å². The van der Waals surface area contributed by atoms with Crippen LogP contribution in [0.2, 0.25) is 5.02 Å². The summed E-state index contributed by atoms with van der Waals surface area (Å²) in [6, 6.07) is 22.7. The Balaban J connectivity index is 1.69. The summed E-state index contributed by atoms with van der Waals surface area (Å²) in [5.41, 5.74) is 1.07. The summed E-state index contributed by atoms with van der Waals surface area (Å²) in [5.74, 6) is -1.06. The zero-order valence-corrected chi connectivity index (χ0v) is 18.8. The maximum atomic E-state index is 14.1. The largest absolute Gasteiger partial charge is 0.354 e. The summed E-state index contributed by atoms with van der Waals surface area (Å²) < 4.78 is 6.23. The van der Waals surface area contributed by atoms with Crippen LogP contribution in [-0.2, 0) is 21.7 Å². The van der Waals surface area contributed by atoms with Gasteiger partial charge in [-0.1, -0.05) is 79.2 Å². The van der Waals surface area contributed by atoms with E-state index in [2.05, 4.69) is 0 Å². The maximum Gasteiger partial charge on any atom is 0.271 e. The molecule has 0 aromatic heterocycles. The first-order chi connectivity index (χ1) is 15.9. The number of hydrogen-bond donors (Lipinski definition) is 0. The van der Waals surface area contributed by atoms with Crippen molar-refractivity contribution in [2.24, 2.45) is 5.92 Å². The summed E-state index contributed by atoms with van der Waals surface area (Å²) in [5, 5.41) is 13.1. The SMILES string of the molecule is C[C@H]1CO[C@@]2(C(=O)N(Cc3ccccc3)c3ccc(Cl)cc32)[C@@H]([N+](=O)[O-])[C@@H]1c1ccccc1. The Kier molecular flexibility index (Phi) is 5.43. The Bertz CT molecular complexity index is 1200. The van der Waals surface area contributed by atoms with Crippen molar-refractivity contribution in [3.05, 3.63) is 111 Å². The highest BCUT2D eigenvalue weighted by atomic mass is 35.5. The molecule has 0 saturated carbocycles. The molecule has 4 atom stereocenters. The van der Waals surface area contributed by atoms with Gasteiger partial charge >= 0.3 is 0 Å². The van der Waals surface area contributed by atoms with E-state index in [4.69, 9.17) is 16.3 Å². The number of rotatable bonds is 4. The number of halogens is 1. The monoisotopic (exact) mass is 462 g/mol. The predicted octanol–water partition coefficient (Wildman–Crippen LogP) is 5.18. The second-order valence-corrected chi connectivity index (χ2v) is 9.17. The van der Waals surface area contributed by atoms with Crippen LogP contribution in [0, 0.1) is 16.0 Å². The van der Waals surface area contributed by atoms with Crippen LogP contribution in [0.5, 0.6) is 0 Å². The number of fused-ring (bicyclic) bond motifs is 2. The van der Waals surface area contributed by atoms with Crippen molar-refractivity contribution in [2.45, 2.75) is 31.0 Å². The first-order valence-electron chi connectivity index (χ1n) is 10.9. The summed E-state index contributed by atoms with van der Waals surface area (Å²) in [4.78, 5) is 28.0. The molecule has 1 fully saturated rings. The molecule has 0 bridgehead atoms. The first kappa shape index (κ1) is 21.6. The molecule has 5 rings (SSSR count). The van der Waals surface area contributed by atoms with E-state index in [1.165, 1.54) is 0 Å². The van der Waals surface area contributed by atoms with Crippen LogP contribution in [0.1, 0.15) is 29.5 Å². The normalized spacial score (nSPS) is 26.4. The van der Waals surface area contributed by atoms with Gasteiger partial charge in [-0.25, -0.2) is 0 Å². The Labute approximate surface area is 196 Å². The van der Waals surface area contributed by atoms with E-state index in [0.717, 1.165) is 11.1 Å². The van der Waals surface area contributed by atoms with Crippen LogP contribution in [0.25, 0.3) is 0 Å². The molecule has 1 spiro atoms. The molecule has 33 heavy (non-hydrogen) atoms. The van der Waals surface area contributed by atoms with Crippen LogP contribution in [-0.4, -0.2) is 23.5 Å². The molecule has 7 heteroatoms. The number of benzene rings is 3.